The number of thioether (sulfide) groups is 1. The molecule has 0 spiro atoms. The van der Waals surface area contributed by atoms with E-state index in [4.69, 9.17) is 4.42 Å². The molecule has 0 aromatic carbocycles. The first-order chi connectivity index (χ1) is 11.9. The van der Waals surface area contributed by atoms with Gasteiger partial charge in [0.2, 0.25) is 0 Å². The highest BCUT2D eigenvalue weighted by molar-refractivity contribution is 7.99. The Kier molecular flexibility index (Phi) is 5.03. The number of hydrogen-bond donors (Lipinski definition) is 0. The van der Waals surface area contributed by atoms with Crippen LogP contribution in [-0.2, 0) is 11.3 Å². The van der Waals surface area contributed by atoms with Gasteiger partial charge < -0.3 is 4.42 Å². The number of furan rings is 1. The summed E-state index contributed by atoms with van der Waals surface area (Å²) in [6, 6.07) is 7.54. The van der Waals surface area contributed by atoms with Crippen molar-refractivity contribution in [2.75, 3.05) is 5.75 Å². The molecular weight excluding hydrogens is 336 g/mol. The lowest BCUT2D eigenvalue weighted by atomic mass is 9.92. The highest BCUT2D eigenvalue weighted by Gasteiger charge is 2.23. The maximum absolute atomic E-state index is 12.2. The molecule has 6 nitrogen and oxygen atoms in total. The van der Waals surface area contributed by atoms with Gasteiger partial charge in [-0.25, -0.2) is 0 Å². The van der Waals surface area contributed by atoms with Gasteiger partial charge in [0, 0.05) is 23.4 Å². The maximum atomic E-state index is 12.2. The lowest BCUT2D eigenvalue weighted by molar-refractivity contribution is -0.123. The van der Waals surface area contributed by atoms with E-state index in [-0.39, 0.29) is 11.2 Å². The summed E-state index contributed by atoms with van der Waals surface area (Å²) >= 11 is 1.40. The molecule has 0 saturated heterocycles. The number of aromatic nitrogens is 4. The number of ketones is 1. The molecule has 0 unspecified atom stereocenters. The van der Waals surface area contributed by atoms with Crippen molar-refractivity contribution in [1.82, 2.24) is 19.7 Å². The maximum Gasteiger partial charge on any atom is 0.192 e. The summed E-state index contributed by atoms with van der Waals surface area (Å²) in [7, 11) is 0. The zero-order valence-electron chi connectivity index (χ0n) is 14.5. The molecule has 3 rings (SSSR count). The fourth-order valence-electron chi connectivity index (χ4n) is 2.15. The van der Waals surface area contributed by atoms with E-state index in [1.54, 1.807) is 18.7 Å². The molecule has 0 saturated carbocycles. The fourth-order valence-corrected chi connectivity index (χ4v) is 3.25. The largest absolute Gasteiger partial charge is 0.467 e. The third-order valence-corrected chi connectivity index (χ3v) is 4.67. The van der Waals surface area contributed by atoms with E-state index in [9.17, 15) is 4.79 Å². The minimum Gasteiger partial charge on any atom is -0.467 e. The fraction of sp³-hybridized carbons (Fsp3) is 0.333. The molecule has 0 atom stereocenters. The van der Waals surface area contributed by atoms with Crippen LogP contribution in [0.25, 0.3) is 11.4 Å². The van der Waals surface area contributed by atoms with Crippen LogP contribution in [-0.4, -0.2) is 31.3 Å². The number of Topliss-reactive ketones (excluding diaryl/α,β-unsaturated/α-hetero) is 1. The highest BCUT2D eigenvalue weighted by atomic mass is 32.2. The predicted molar refractivity (Wildman–Crippen MR) is 96.2 cm³/mol. The second-order valence-electron chi connectivity index (χ2n) is 6.68. The van der Waals surface area contributed by atoms with Crippen LogP contribution in [0.15, 0.2) is 52.5 Å². The average molecular weight is 356 g/mol. The molecule has 130 valence electrons. The molecule has 7 heteroatoms. The average Bonchev–Trinajstić information content (AvgIpc) is 3.23. The molecule has 0 radical (unpaired) electrons. The molecule has 0 amide bonds. The Labute approximate surface area is 150 Å². The first kappa shape index (κ1) is 17.4. The Morgan fingerprint density at radius 1 is 1.24 bits per heavy atom. The van der Waals surface area contributed by atoms with Crippen LogP contribution in [0.1, 0.15) is 26.5 Å². The Balaban J connectivity index is 1.90. The van der Waals surface area contributed by atoms with Crippen LogP contribution in [0.5, 0.6) is 0 Å². The van der Waals surface area contributed by atoms with Crippen molar-refractivity contribution < 1.29 is 9.21 Å². The summed E-state index contributed by atoms with van der Waals surface area (Å²) in [5.74, 6) is 2.03. The van der Waals surface area contributed by atoms with Gasteiger partial charge in [0.15, 0.2) is 11.0 Å². The van der Waals surface area contributed by atoms with Crippen LogP contribution in [0, 0.1) is 5.41 Å². The van der Waals surface area contributed by atoms with Crippen LogP contribution in [0.4, 0.5) is 0 Å². The summed E-state index contributed by atoms with van der Waals surface area (Å²) in [6.07, 6.45) is 5.10. The quantitative estimate of drug-likeness (QED) is 0.627. The smallest absolute Gasteiger partial charge is 0.192 e. The molecule has 3 aromatic heterocycles. The van der Waals surface area contributed by atoms with E-state index in [0.717, 1.165) is 11.3 Å². The van der Waals surface area contributed by atoms with Gasteiger partial charge in [0.05, 0.1) is 18.6 Å². The SMILES string of the molecule is CC(C)(C)C(=O)CSc1nnc(-c2cccnc2)n1Cc1ccco1. The van der Waals surface area contributed by atoms with Gasteiger partial charge >= 0.3 is 0 Å². The zero-order chi connectivity index (χ0) is 17.9. The van der Waals surface area contributed by atoms with E-state index in [1.807, 2.05) is 49.6 Å². The first-order valence-corrected chi connectivity index (χ1v) is 8.96. The van der Waals surface area contributed by atoms with Crippen molar-refractivity contribution in [2.24, 2.45) is 5.41 Å². The highest BCUT2D eigenvalue weighted by Crippen LogP contribution is 2.27. The second-order valence-corrected chi connectivity index (χ2v) is 7.62. The lowest BCUT2D eigenvalue weighted by Crippen LogP contribution is -2.22. The topological polar surface area (TPSA) is 73.8 Å². The monoisotopic (exact) mass is 356 g/mol. The Bertz CT molecular complexity index is 836. The molecule has 25 heavy (non-hydrogen) atoms. The molecule has 0 N–H and O–H groups in total. The third kappa shape index (κ3) is 4.17. The summed E-state index contributed by atoms with van der Waals surface area (Å²) in [6.45, 7) is 6.26. The predicted octanol–water partition coefficient (Wildman–Crippen LogP) is 3.69. The molecule has 3 aromatic rings. The van der Waals surface area contributed by atoms with Crippen LogP contribution in [0.3, 0.4) is 0 Å². The van der Waals surface area contributed by atoms with E-state index < -0.39 is 0 Å². The van der Waals surface area contributed by atoms with Gasteiger partial charge in [0.1, 0.15) is 11.5 Å². The van der Waals surface area contributed by atoms with Gasteiger partial charge in [-0.2, -0.15) is 0 Å². The third-order valence-electron chi connectivity index (χ3n) is 3.70. The van der Waals surface area contributed by atoms with Crippen molar-refractivity contribution in [1.29, 1.82) is 0 Å². The Morgan fingerprint density at radius 3 is 2.72 bits per heavy atom. The number of carbonyl (C=O) groups excluding carboxylic acids is 1. The number of rotatable bonds is 6. The number of hydrogen-bond acceptors (Lipinski definition) is 6. The van der Waals surface area contributed by atoms with Gasteiger partial charge in [0.25, 0.3) is 0 Å². The standard InChI is InChI=1S/C18H20N4O2S/c1-18(2,3)15(23)12-25-17-21-20-16(13-6-4-8-19-10-13)22(17)11-14-7-5-9-24-14/h4-10H,11-12H2,1-3H3. The molecular formula is C18H20N4O2S. The molecule has 0 aliphatic heterocycles. The van der Waals surface area contributed by atoms with Gasteiger partial charge in [-0.3, -0.25) is 14.3 Å². The van der Waals surface area contributed by atoms with E-state index in [2.05, 4.69) is 15.2 Å². The van der Waals surface area contributed by atoms with E-state index in [0.29, 0.717) is 23.3 Å². The summed E-state index contributed by atoms with van der Waals surface area (Å²) < 4.78 is 7.42. The summed E-state index contributed by atoms with van der Waals surface area (Å²) in [5.41, 5.74) is 0.501. The zero-order valence-corrected chi connectivity index (χ0v) is 15.3. The van der Waals surface area contributed by atoms with Gasteiger partial charge in [-0.1, -0.05) is 32.5 Å². The number of pyridine rings is 1. The minimum absolute atomic E-state index is 0.174. The van der Waals surface area contributed by atoms with E-state index >= 15 is 0 Å². The van der Waals surface area contributed by atoms with Crippen LogP contribution in [0.2, 0.25) is 0 Å². The van der Waals surface area contributed by atoms with Crippen molar-refractivity contribution in [3.8, 4) is 11.4 Å². The van der Waals surface area contributed by atoms with Crippen molar-refractivity contribution in [3.63, 3.8) is 0 Å². The molecule has 0 bridgehead atoms. The van der Waals surface area contributed by atoms with Crippen molar-refractivity contribution in [2.45, 2.75) is 32.5 Å². The van der Waals surface area contributed by atoms with Crippen molar-refractivity contribution in [3.05, 3.63) is 48.7 Å². The van der Waals surface area contributed by atoms with Crippen molar-refractivity contribution >= 4 is 17.5 Å². The van der Waals surface area contributed by atoms with Crippen LogP contribution < -0.4 is 0 Å². The summed E-state index contributed by atoms with van der Waals surface area (Å²) in [5, 5.41) is 9.28. The summed E-state index contributed by atoms with van der Waals surface area (Å²) in [4.78, 5) is 16.4. The normalized spacial score (nSPS) is 11.6. The second kappa shape index (κ2) is 7.23. The molecule has 3 heterocycles. The van der Waals surface area contributed by atoms with E-state index in [1.165, 1.54) is 11.8 Å². The van der Waals surface area contributed by atoms with Gasteiger partial charge in [-0.15, -0.1) is 10.2 Å². The Morgan fingerprint density at radius 2 is 2.08 bits per heavy atom. The first-order valence-electron chi connectivity index (χ1n) is 7.97. The Hall–Kier alpha value is -2.41. The number of carbonyl (C=O) groups is 1. The molecule has 0 aliphatic carbocycles. The van der Waals surface area contributed by atoms with Gasteiger partial charge in [-0.05, 0) is 24.3 Å². The molecule has 0 fully saturated rings. The molecule has 0 aliphatic rings. The lowest BCUT2D eigenvalue weighted by Gasteiger charge is -2.16. The number of nitrogens with zero attached hydrogens (tertiary/aromatic N) is 4. The van der Waals surface area contributed by atoms with Crippen LogP contribution >= 0.6 is 11.8 Å². The minimum atomic E-state index is -0.370.